The zero-order valence-corrected chi connectivity index (χ0v) is 20.2. The van der Waals surface area contributed by atoms with Crippen LogP contribution in [0.1, 0.15) is 39.0 Å². The topological polar surface area (TPSA) is 109 Å². The summed E-state index contributed by atoms with van der Waals surface area (Å²) in [5.74, 6) is -0.480. The number of halogens is 2. The van der Waals surface area contributed by atoms with Crippen molar-refractivity contribution in [2.75, 3.05) is 5.32 Å². The Kier molecular flexibility index (Phi) is 7.24. The Morgan fingerprint density at radius 2 is 1.66 bits per heavy atom. The average molecular weight is 508 g/mol. The zero-order valence-electron chi connectivity index (χ0n) is 18.7. The maximum absolute atomic E-state index is 12.9. The first kappa shape index (κ1) is 24.1. The highest BCUT2D eigenvalue weighted by molar-refractivity contribution is 6.39. The van der Waals surface area contributed by atoms with Gasteiger partial charge in [0.1, 0.15) is 17.0 Å². The van der Waals surface area contributed by atoms with Gasteiger partial charge in [0.05, 0.1) is 21.3 Å². The van der Waals surface area contributed by atoms with Crippen LogP contribution in [0, 0.1) is 6.92 Å². The summed E-state index contributed by atoms with van der Waals surface area (Å²) in [6, 6.07) is 15.4. The highest BCUT2D eigenvalue weighted by Crippen LogP contribution is 2.36. The molecule has 4 rings (SSSR count). The predicted octanol–water partition coefficient (Wildman–Crippen LogP) is 5.76. The van der Waals surface area contributed by atoms with E-state index in [0.717, 1.165) is 5.56 Å². The number of amides is 2. The second-order valence-corrected chi connectivity index (χ2v) is 8.28. The molecule has 0 bridgehead atoms. The molecule has 2 amide bonds. The zero-order chi connectivity index (χ0) is 24.9. The number of rotatable bonds is 6. The van der Waals surface area contributed by atoms with E-state index in [2.05, 4.69) is 26.0 Å². The van der Waals surface area contributed by atoms with Crippen molar-refractivity contribution in [3.8, 4) is 11.3 Å². The predicted molar refractivity (Wildman–Crippen MR) is 135 cm³/mol. The van der Waals surface area contributed by atoms with E-state index in [1.165, 1.54) is 6.20 Å². The summed E-state index contributed by atoms with van der Waals surface area (Å²) < 4.78 is 5.23. The van der Waals surface area contributed by atoms with Gasteiger partial charge in [-0.3, -0.25) is 14.6 Å². The fourth-order valence-corrected chi connectivity index (χ4v) is 3.86. The molecule has 2 N–H and O–H groups in total. The first-order valence-corrected chi connectivity index (χ1v) is 11.2. The van der Waals surface area contributed by atoms with E-state index in [1.807, 2.05) is 0 Å². The minimum atomic E-state index is -0.519. The molecule has 10 heteroatoms. The normalized spacial score (nSPS) is 11.3. The number of aryl methyl sites for hydroxylation is 1. The monoisotopic (exact) mass is 507 g/mol. The number of carbonyl (C=O) groups excluding carboxylic acids is 2. The van der Waals surface area contributed by atoms with Gasteiger partial charge in [-0.2, -0.15) is 5.10 Å². The summed E-state index contributed by atoms with van der Waals surface area (Å²) in [6.07, 6.45) is 3.09. The molecule has 0 aliphatic rings. The molecule has 0 aliphatic carbocycles. The van der Waals surface area contributed by atoms with E-state index in [1.54, 1.807) is 74.6 Å². The minimum absolute atomic E-state index is 0.185. The second-order valence-electron chi connectivity index (χ2n) is 7.47. The molecular weight excluding hydrogens is 489 g/mol. The number of nitrogens with one attached hydrogen (secondary N) is 2. The van der Waals surface area contributed by atoms with Gasteiger partial charge in [-0.1, -0.05) is 46.6 Å². The highest BCUT2D eigenvalue weighted by Gasteiger charge is 2.24. The number of anilines is 1. The number of hydrazone groups is 1. The molecule has 35 heavy (non-hydrogen) atoms. The molecule has 2 heterocycles. The molecule has 0 saturated heterocycles. The lowest BCUT2D eigenvalue weighted by molar-refractivity contribution is 0.0953. The molecule has 2 aromatic heterocycles. The summed E-state index contributed by atoms with van der Waals surface area (Å²) in [5, 5.41) is 11.7. The summed E-state index contributed by atoms with van der Waals surface area (Å²) >= 11 is 12.6. The summed E-state index contributed by atoms with van der Waals surface area (Å²) in [6.45, 7) is 3.36. The largest absolute Gasteiger partial charge is 0.360 e. The summed E-state index contributed by atoms with van der Waals surface area (Å²) in [4.78, 5) is 29.1. The van der Waals surface area contributed by atoms with Gasteiger partial charge in [0.2, 0.25) is 0 Å². The fraction of sp³-hybridized carbons (Fsp3) is 0.0800. The number of carbonyl (C=O) groups is 2. The maximum atomic E-state index is 12.9. The molecule has 0 spiro atoms. The molecule has 0 fully saturated rings. The Balaban J connectivity index is 1.48. The second kappa shape index (κ2) is 10.5. The SMILES string of the molecule is C/C(=N\NC(=O)c1c(-c2c(Cl)cccc2Cl)noc1C)c1ccc(NC(=O)c2cccnc2)cc1. The first-order valence-electron chi connectivity index (χ1n) is 10.4. The number of pyridine rings is 1. The fourth-order valence-electron chi connectivity index (χ4n) is 3.28. The van der Waals surface area contributed by atoms with Crippen molar-refractivity contribution in [3.05, 3.63) is 99.5 Å². The molecule has 0 radical (unpaired) electrons. The standard InChI is InChI=1S/C25H19Cl2N5O3/c1-14(16-8-10-18(11-9-16)29-24(33)17-5-4-12-28-13-17)30-31-25(34)21-15(2)35-32-23(21)22-19(26)6-3-7-20(22)27/h3-13H,1-2H3,(H,29,33)(H,31,34)/b30-14+. The van der Waals surface area contributed by atoms with Gasteiger partial charge in [-0.25, -0.2) is 5.43 Å². The lowest BCUT2D eigenvalue weighted by Crippen LogP contribution is -2.20. The molecule has 0 atom stereocenters. The van der Waals surface area contributed by atoms with Crippen molar-refractivity contribution < 1.29 is 14.1 Å². The van der Waals surface area contributed by atoms with Crippen molar-refractivity contribution in [3.63, 3.8) is 0 Å². The van der Waals surface area contributed by atoms with Gasteiger partial charge in [-0.15, -0.1) is 0 Å². The Bertz CT molecular complexity index is 1400. The maximum Gasteiger partial charge on any atom is 0.277 e. The molecule has 4 aromatic rings. The molecule has 176 valence electrons. The third-order valence-electron chi connectivity index (χ3n) is 5.10. The Hall–Kier alpha value is -4.01. The number of benzene rings is 2. The summed E-state index contributed by atoms with van der Waals surface area (Å²) in [5.41, 5.74) is 5.72. The van der Waals surface area contributed by atoms with Crippen molar-refractivity contribution in [2.45, 2.75) is 13.8 Å². The molecule has 0 aliphatic heterocycles. The van der Waals surface area contributed by atoms with E-state index in [0.29, 0.717) is 38.3 Å². The molecular formula is C25H19Cl2N5O3. The van der Waals surface area contributed by atoms with Crippen LogP contribution in [-0.4, -0.2) is 27.7 Å². The van der Waals surface area contributed by atoms with E-state index < -0.39 is 5.91 Å². The third kappa shape index (κ3) is 5.40. The van der Waals surface area contributed by atoms with Crippen LogP contribution in [0.4, 0.5) is 5.69 Å². The van der Waals surface area contributed by atoms with Crippen LogP contribution in [0.25, 0.3) is 11.3 Å². The van der Waals surface area contributed by atoms with Crippen LogP contribution in [-0.2, 0) is 0 Å². The number of hydrogen-bond donors (Lipinski definition) is 2. The number of aromatic nitrogens is 2. The number of hydrogen-bond acceptors (Lipinski definition) is 6. The lowest BCUT2D eigenvalue weighted by atomic mass is 10.1. The van der Waals surface area contributed by atoms with Gasteiger partial charge >= 0.3 is 0 Å². The third-order valence-corrected chi connectivity index (χ3v) is 5.73. The summed E-state index contributed by atoms with van der Waals surface area (Å²) in [7, 11) is 0. The Labute approximate surface area is 211 Å². The van der Waals surface area contributed by atoms with Gasteiger partial charge < -0.3 is 9.84 Å². The van der Waals surface area contributed by atoms with E-state index in [-0.39, 0.29) is 17.2 Å². The molecule has 8 nitrogen and oxygen atoms in total. The lowest BCUT2D eigenvalue weighted by Gasteiger charge is -2.08. The van der Waals surface area contributed by atoms with E-state index in [9.17, 15) is 9.59 Å². The van der Waals surface area contributed by atoms with Crippen molar-refractivity contribution >= 4 is 46.4 Å². The smallest absolute Gasteiger partial charge is 0.277 e. The molecule has 0 saturated carbocycles. The van der Waals surface area contributed by atoms with Crippen LogP contribution < -0.4 is 10.7 Å². The van der Waals surface area contributed by atoms with Crippen molar-refractivity contribution in [1.29, 1.82) is 0 Å². The van der Waals surface area contributed by atoms with E-state index >= 15 is 0 Å². The van der Waals surface area contributed by atoms with Crippen LogP contribution in [0.3, 0.4) is 0 Å². The van der Waals surface area contributed by atoms with Crippen LogP contribution in [0.15, 0.2) is 76.6 Å². The van der Waals surface area contributed by atoms with Gasteiger partial charge in [0, 0.05) is 23.6 Å². The van der Waals surface area contributed by atoms with Crippen molar-refractivity contribution in [2.24, 2.45) is 5.10 Å². The average Bonchev–Trinajstić information content (AvgIpc) is 3.24. The van der Waals surface area contributed by atoms with Gasteiger partial charge in [0.15, 0.2) is 0 Å². The van der Waals surface area contributed by atoms with Gasteiger partial charge in [0.25, 0.3) is 11.8 Å². The molecule has 0 unspecified atom stereocenters. The van der Waals surface area contributed by atoms with Crippen LogP contribution >= 0.6 is 23.2 Å². The van der Waals surface area contributed by atoms with Crippen molar-refractivity contribution in [1.82, 2.24) is 15.6 Å². The highest BCUT2D eigenvalue weighted by atomic mass is 35.5. The van der Waals surface area contributed by atoms with Crippen LogP contribution in [0.5, 0.6) is 0 Å². The number of nitrogens with zero attached hydrogens (tertiary/aromatic N) is 3. The molecule has 2 aromatic carbocycles. The van der Waals surface area contributed by atoms with E-state index in [4.69, 9.17) is 27.7 Å². The minimum Gasteiger partial charge on any atom is -0.360 e. The quantitative estimate of drug-likeness (QED) is 0.254. The first-order chi connectivity index (χ1) is 16.8. The Morgan fingerprint density at radius 3 is 2.31 bits per heavy atom. The van der Waals surface area contributed by atoms with Crippen LogP contribution in [0.2, 0.25) is 10.0 Å². The van der Waals surface area contributed by atoms with Gasteiger partial charge in [-0.05, 0) is 55.8 Å². The Morgan fingerprint density at radius 1 is 0.943 bits per heavy atom.